The second-order valence-electron chi connectivity index (χ2n) is 3.92. The van der Waals surface area contributed by atoms with Gasteiger partial charge in [-0.25, -0.2) is 4.79 Å². The SMILES string of the molecule is O=C(O)c1ccc(Oc2ccc(Cl)cc2Br)c([N+](=O)[O-])c1. The Hall–Kier alpha value is -2.12. The fourth-order valence-electron chi connectivity index (χ4n) is 1.56. The Morgan fingerprint density at radius 2 is 1.90 bits per heavy atom. The predicted octanol–water partition coefficient (Wildman–Crippen LogP) is 4.50. The average Bonchev–Trinajstić information content (AvgIpc) is 2.41. The van der Waals surface area contributed by atoms with Gasteiger partial charge in [0.15, 0.2) is 0 Å². The number of halogens is 2. The van der Waals surface area contributed by atoms with E-state index in [9.17, 15) is 14.9 Å². The van der Waals surface area contributed by atoms with Crippen molar-refractivity contribution in [3.05, 3.63) is 61.6 Å². The lowest BCUT2D eigenvalue weighted by atomic mass is 10.2. The topological polar surface area (TPSA) is 89.7 Å². The smallest absolute Gasteiger partial charge is 0.335 e. The van der Waals surface area contributed by atoms with Crippen LogP contribution in [0.25, 0.3) is 0 Å². The van der Waals surface area contributed by atoms with Crippen LogP contribution < -0.4 is 4.74 Å². The molecule has 1 N–H and O–H groups in total. The van der Waals surface area contributed by atoms with Crippen molar-refractivity contribution in [1.82, 2.24) is 0 Å². The van der Waals surface area contributed by atoms with E-state index in [2.05, 4.69) is 15.9 Å². The number of carbonyl (C=O) groups is 1. The Morgan fingerprint density at radius 1 is 1.24 bits per heavy atom. The summed E-state index contributed by atoms with van der Waals surface area (Å²) in [4.78, 5) is 21.2. The van der Waals surface area contributed by atoms with Crippen molar-refractivity contribution in [2.75, 3.05) is 0 Å². The molecule has 0 heterocycles. The van der Waals surface area contributed by atoms with E-state index in [4.69, 9.17) is 21.4 Å². The molecule has 0 fully saturated rings. The number of carboxylic acids is 1. The summed E-state index contributed by atoms with van der Waals surface area (Å²) in [5, 5.41) is 20.4. The zero-order chi connectivity index (χ0) is 15.6. The molecule has 0 aliphatic rings. The fourth-order valence-corrected chi connectivity index (χ4v) is 2.32. The minimum atomic E-state index is -1.25. The quantitative estimate of drug-likeness (QED) is 0.630. The molecule has 0 aliphatic heterocycles. The molecular formula is C13H7BrClNO5. The maximum atomic E-state index is 11.0. The molecule has 0 aromatic heterocycles. The second-order valence-corrected chi connectivity index (χ2v) is 5.21. The lowest BCUT2D eigenvalue weighted by Gasteiger charge is -2.08. The first kappa shape index (κ1) is 15.3. The zero-order valence-electron chi connectivity index (χ0n) is 10.2. The van der Waals surface area contributed by atoms with Gasteiger partial charge < -0.3 is 9.84 Å². The van der Waals surface area contributed by atoms with Gasteiger partial charge in [0.2, 0.25) is 5.75 Å². The van der Waals surface area contributed by atoms with Crippen LogP contribution in [0.4, 0.5) is 5.69 Å². The van der Waals surface area contributed by atoms with Gasteiger partial charge in [-0.15, -0.1) is 0 Å². The predicted molar refractivity (Wildman–Crippen MR) is 79.3 cm³/mol. The van der Waals surface area contributed by atoms with E-state index < -0.39 is 16.6 Å². The van der Waals surface area contributed by atoms with Gasteiger partial charge in [0.1, 0.15) is 5.75 Å². The monoisotopic (exact) mass is 371 g/mol. The third kappa shape index (κ3) is 3.50. The highest BCUT2D eigenvalue weighted by Gasteiger charge is 2.19. The molecule has 2 aromatic carbocycles. The molecule has 0 amide bonds. The van der Waals surface area contributed by atoms with Crippen molar-refractivity contribution in [3.8, 4) is 11.5 Å². The molecule has 21 heavy (non-hydrogen) atoms. The third-order valence-electron chi connectivity index (χ3n) is 2.52. The summed E-state index contributed by atoms with van der Waals surface area (Å²) in [5.41, 5.74) is -0.624. The molecular weight excluding hydrogens is 366 g/mol. The maximum Gasteiger partial charge on any atom is 0.335 e. The van der Waals surface area contributed by atoms with Crippen LogP contribution in [0.1, 0.15) is 10.4 Å². The van der Waals surface area contributed by atoms with Crippen molar-refractivity contribution < 1.29 is 19.6 Å². The van der Waals surface area contributed by atoms with Gasteiger partial charge in [-0.2, -0.15) is 0 Å². The van der Waals surface area contributed by atoms with Crippen molar-refractivity contribution in [1.29, 1.82) is 0 Å². The van der Waals surface area contributed by atoms with Gasteiger partial charge in [0.05, 0.1) is 15.0 Å². The first-order valence-electron chi connectivity index (χ1n) is 5.53. The van der Waals surface area contributed by atoms with E-state index in [1.165, 1.54) is 12.1 Å². The molecule has 2 aromatic rings. The largest absolute Gasteiger partial charge is 0.478 e. The summed E-state index contributed by atoms with van der Waals surface area (Å²) in [6.45, 7) is 0. The maximum absolute atomic E-state index is 11.0. The minimum Gasteiger partial charge on any atom is -0.478 e. The summed E-state index contributed by atoms with van der Waals surface area (Å²) in [7, 11) is 0. The molecule has 8 heteroatoms. The van der Waals surface area contributed by atoms with Crippen molar-refractivity contribution >= 4 is 39.2 Å². The summed E-state index contributed by atoms with van der Waals surface area (Å²) in [6, 6.07) is 8.10. The molecule has 0 aliphatic carbocycles. The van der Waals surface area contributed by atoms with E-state index in [1.54, 1.807) is 18.2 Å². The van der Waals surface area contributed by atoms with E-state index >= 15 is 0 Å². The highest BCUT2D eigenvalue weighted by Crippen LogP contribution is 2.36. The standard InChI is InChI=1S/C13H7BrClNO5/c14-9-6-8(15)2-4-11(9)21-12-3-1-7(13(17)18)5-10(12)16(19)20/h1-6H,(H,17,18). The number of nitro benzene ring substituents is 1. The van der Waals surface area contributed by atoms with Gasteiger partial charge in [0.25, 0.3) is 0 Å². The Bertz CT molecular complexity index is 734. The zero-order valence-corrected chi connectivity index (χ0v) is 12.6. The van der Waals surface area contributed by atoms with Gasteiger partial charge >= 0.3 is 11.7 Å². The number of nitrogens with zero attached hydrogens (tertiary/aromatic N) is 1. The summed E-state index contributed by atoms with van der Waals surface area (Å²) >= 11 is 9.03. The lowest BCUT2D eigenvalue weighted by molar-refractivity contribution is -0.385. The third-order valence-corrected chi connectivity index (χ3v) is 3.37. The van der Waals surface area contributed by atoms with Crippen LogP contribution in [0.15, 0.2) is 40.9 Å². The molecule has 0 saturated heterocycles. The van der Waals surface area contributed by atoms with Crippen LogP contribution in [0.2, 0.25) is 5.02 Å². The number of benzene rings is 2. The van der Waals surface area contributed by atoms with Gasteiger partial charge in [0, 0.05) is 11.1 Å². The lowest BCUT2D eigenvalue weighted by Crippen LogP contribution is -2.00. The fraction of sp³-hybridized carbons (Fsp3) is 0. The van der Waals surface area contributed by atoms with E-state index in [0.29, 0.717) is 15.2 Å². The highest BCUT2D eigenvalue weighted by molar-refractivity contribution is 9.10. The number of rotatable bonds is 4. The average molecular weight is 373 g/mol. The molecule has 0 saturated carbocycles. The summed E-state index contributed by atoms with van der Waals surface area (Å²) in [6.07, 6.45) is 0. The number of carboxylic acid groups (broad SMARTS) is 1. The molecule has 0 atom stereocenters. The van der Waals surface area contributed by atoms with Gasteiger partial charge in [-0.05, 0) is 46.3 Å². The van der Waals surface area contributed by atoms with Crippen molar-refractivity contribution in [2.45, 2.75) is 0 Å². The molecule has 2 rings (SSSR count). The van der Waals surface area contributed by atoms with Gasteiger partial charge in [-0.3, -0.25) is 10.1 Å². The first-order valence-corrected chi connectivity index (χ1v) is 6.70. The Kier molecular flexibility index (Phi) is 4.44. The number of ether oxygens (including phenoxy) is 1. The van der Waals surface area contributed by atoms with Crippen LogP contribution in [0.3, 0.4) is 0 Å². The molecule has 0 spiro atoms. The molecule has 6 nitrogen and oxygen atoms in total. The number of hydrogen-bond donors (Lipinski definition) is 1. The number of hydrogen-bond acceptors (Lipinski definition) is 4. The first-order chi connectivity index (χ1) is 9.88. The van der Waals surface area contributed by atoms with Crippen LogP contribution in [0.5, 0.6) is 11.5 Å². The number of nitro groups is 1. The minimum absolute atomic E-state index is 0.0620. The van der Waals surface area contributed by atoms with E-state index in [0.717, 1.165) is 6.07 Å². The second kappa shape index (κ2) is 6.11. The van der Waals surface area contributed by atoms with Crippen molar-refractivity contribution in [2.24, 2.45) is 0 Å². The highest BCUT2D eigenvalue weighted by atomic mass is 79.9. The van der Waals surface area contributed by atoms with Crippen LogP contribution in [-0.2, 0) is 0 Å². The van der Waals surface area contributed by atoms with Crippen molar-refractivity contribution in [3.63, 3.8) is 0 Å². The van der Waals surface area contributed by atoms with Crippen LogP contribution in [-0.4, -0.2) is 16.0 Å². The Balaban J connectivity index is 2.44. The normalized spacial score (nSPS) is 10.2. The van der Waals surface area contributed by atoms with Gasteiger partial charge in [-0.1, -0.05) is 11.6 Å². The summed E-state index contributed by atoms with van der Waals surface area (Å²) in [5.74, 6) is -0.990. The summed E-state index contributed by atoms with van der Waals surface area (Å²) < 4.78 is 5.97. The molecule has 0 bridgehead atoms. The Labute approximate surface area is 132 Å². The van der Waals surface area contributed by atoms with Crippen LogP contribution >= 0.6 is 27.5 Å². The van der Waals surface area contributed by atoms with E-state index in [-0.39, 0.29) is 11.3 Å². The Morgan fingerprint density at radius 3 is 2.48 bits per heavy atom. The molecule has 108 valence electrons. The molecule has 0 unspecified atom stereocenters. The van der Waals surface area contributed by atoms with E-state index in [1.807, 2.05) is 0 Å². The molecule has 0 radical (unpaired) electrons. The number of aromatic carboxylic acids is 1. The van der Waals surface area contributed by atoms with Crippen LogP contribution in [0, 0.1) is 10.1 Å².